The van der Waals surface area contributed by atoms with Crippen LogP contribution in [0, 0.1) is 3.57 Å². The Hall–Kier alpha value is -0.630. The lowest BCUT2D eigenvalue weighted by Gasteiger charge is -2.25. The molecule has 3 rings (SSSR count). The zero-order valence-electron chi connectivity index (χ0n) is 11.1. The minimum absolute atomic E-state index is 0.00768. The zero-order valence-corrected chi connectivity index (χ0v) is 15.6. The Labute approximate surface area is 155 Å². The number of carbonyl (C=O) groups is 1. The van der Waals surface area contributed by atoms with Crippen molar-refractivity contribution in [2.24, 2.45) is 0 Å². The molecule has 7 heteroatoms. The van der Waals surface area contributed by atoms with Crippen LogP contribution < -0.4 is 4.90 Å². The van der Waals surface area contributed by atoms with E-state index in [1.807, 2.05) is 22.6 Å². The van der Waals surface area contributed by atoms with Gasteiger partial charge in [-0.15, -0.1) is 11.8 Å². The van der Waals surface area contributed by atoms with Gasteiger partial charge in [0.15, 0.2) is 0 Å². The van der Waals surface area contributed by atoms with E-state index in [0.29, 0.717) is 24.9 Å². The van der Waals surface area contributed by atoms with Gasteiger partial charge in [-0.2, -0.15) is 0 Å². The highest BCUT2D eigenvalue weighted by Gasteiger charge is 2.36. The zero-order chi connectivity index (χ0) is 15.9. The smallest absolute Gasteiger partial charge is 0.238 e. The third-order valence-corrected chi connectivity index (χ3v) is 5.78. The summed E-state index contributed by atoms with van der Waals surface area (Å²) < 4.78 is 0.663. The van der Waals surface area contributed by atoms with Crippen LogP contribution in [-0.2, 0) is 4.79 Å². The predicted molar refractivity (Wildman–Crippen MR) is 100.0 cm³/mol. The number of carbonyl (C=O) groups excluding carboxylic acids is 1. The molecule has 3 nitrogen and oxygen atoms in total. The van der Waals surface area contributed by atoms with Crippen molar-refractivity contribution >= 4 is 69.1 Å². The lowest BCUT2D eigenvalue weighted by atomic mass is 10.1. The Kier molecular flexibility index (Phi) is 4.77. The molecule has 114 valence electrons. The van der Waals surface area contributed by atoms with E-state index in [9.17, 15) is 9.90 Å². The second-order valence-corrected chi connectivity index (χ2v) is 7.83. The number of aromatic hydroxyl groups is 1. The molecule has 1 aliphatic rings. The summed E-state index contributed by atoms with van der Waals surface area (Å²) in [5.41, 5.74) is 1.39. The molecule has 2 aromatic rings. The number of thioether (sulfide) groups is 1. The molecule has 0 spiro atoms. The molecule has 1 heterocycles. The van der Waals surface area contributed by atoms with Crippen LogP contribution >= 0.6 is 57.6 Å². The fraction of sp³-hybridized carbons (Fsp3) is 0.133. The Morgan fingerprint density at radius 2 is 1.86 bits per heavy atom. The van der Waals surface area contributed by atoms with Gasteiger partial charge in [-0.25, -0.2) is 0 Å². The van der Waals surface area contributed by atoms with Gasteiger partial charge in [0.25, 0.3) is 0 Å². The van der Waals surface area contributed by atoms with Gasteiger partial charge in [0.1, 0.15) is 11.1 Å². The van der Waals surface area contributed by atoms with E-state index >= 15 is 0 Å². The fourth-order valence-electron chi connectivity index (χ4n) is 2.31. The molecule has 1 saturated heterocycles. The average molecular weight is 466 g/mol. The normalized spacial score (nSPS) is 18.0. The first kappa shape index (κ1) is 16.2. The van der Waals surface area contributed by atoms with Crippen LogP contribution in [0.15, 0.2) is 36.4 Å². The average Bonchev–Trinajstić information content (AvgIpc) is 2.85. The van der Waals surface area contributed by atoms with E-state index in [0.717, 1.165) is 5.69 Å². The first-order valence-corrected chi connectivity index (χ1v) is 9.23. The summed E-state index contributed by atoms with van der Waals surface area (Å²) >= 11 is 15.5. The molecule has 2 aromatic carbocycles. The molecule has 0 aliphatic carbocycles. The highest BCUT2D eigenvalue weighted by molar-refractivity contribution is 14.1. The maximum Gasteiger partial charge on any atom is 0.238 e. The van der Waals surface area contributed by atoms with Crippen molar-refractivity contribution in [2.75, 3.05) is 10.7 Å². The Morgan fingerprint density at radius 1 is 1.18 bits per heavy atom. The molecule has 22 heavy (non-hydrogen) atoms. The van der Waals surface area contributed by atoms with Crippen LogP contribution in [0.1, 0.15) is 10.9 Å². The van der Waals surface area contributed by atoms with Gasteiger partial charge < -0.3 is 5.11 Å². The number of hydrogen-bond acceptors (Lipinski definition) is 3. The van der Waals surface area contributed by atoms with Gasteiger partial charge in [-0.05, 0) is 59.0 Å². The van der Waals surface area contributed by atoms with Gasteiger partial charge in [0.2, 0.25) is 5.91 Å². The van der Waals surface area contributed by atoms with E-state index in [2.05, 4.69) is 0 Å². The van der Waals surface area contributed by atoms with Crippen molar-refractivity contribution < 1.29 is 9.90 Å². The molecule has 1 fully saturated rings. The van der Waals surface area contributed by atoms with Crippen LogP contribution in [-0.4, -0.2) is 16.8 Å². The summed E-state index contributed by atoms with van der Waals surface area (Å²) in [7, 11) is 0. The number of phenols is 1. The minimum Gasteiger partial charge on any atom is -0.506 e. The number of amides is 1. The van der Waals surface area contributed by atoms with Crippen molar-refractivity contribution in [3.8, 4) is 5.75 Å². The summed E-state index contributed by atoms with van der Waals surface area (Å²) in [5, 5.41) is 11.2. The molecule has 0 saturated carbocycles. The fourth-order valence-corrected chi connectivity index (χ4v) is 4.68. The maximum absolute atomic E-state index is 12.3. The summed E-state index contributed by atoms with van der Waals surface area (Å²) in [6.07, 6.45) is 0. The van der Waals surface area contributed by atoms with Crippen LogP contribution in [0.2, 0.25) is 10.0 Å². The van der Waals surface area contributed by atoms with Crippen molar-refractivity contribution in [2.45, 2.75) is 5.37 Å². The Bertz CT molecular complexity index is 739. The number of phenolic OH excluding ortho intramolecular Hbond substituents is 1. The van der Waals surface area contributed by atoms with Crippen molar-refractivity contribution in [3.05, 3.63) is 55.6 Å². The number of hydrogen-bond donors (Lipinski definition) is 1. The number of halogens is 3. The number of anilines is 1. The summed E-state index contributed by atoms with van der Waals surface area (Å²) in [6.45, 7) is 0. The molecule has 0 radical (unpaired) electrons. The lowest BCUT2D eigenvalue weighted by molar-refractivity contribution is -0.115. The Balaban J connectivity index is 2.06. The monoisotopic (exact) mass is 465 g/mol. The second kappa shape index (κ2) is 6.47. The maximum atomic E-state index is 12.3. The molecule has 0 bridgehead atoms. The van der Waals surface area contributed by atoms with E-state index < -0.39 is 0 Å². The third-order valence-electron chi connectivity index (χ3n) is 3.30. The van der Waals surface area contributed by atoms with Crippen molar-refractivity contribution in [3.63, 3.8) is 0 Å². The number of rotatable bonds is 2. The molecule has 0 aromatic heterocycles. The van der Waals surface area contributed by atoms with Crippen LogP contribution in [0.3, 0.4) is 0 Å². The van der Waals surface area contributed by atoms with Gasteiger partial charge in [-0.1, -0.05) is 23.2 Å². The largest absolute Gasteiger partial charge is 0.506 e. The van der Waals surface area contributed by atoms with E-state index in [-0.39, 0.29) is 17.0 Å². The molecular weight excluding hydrogens is 456 g/mol. The molecular formula is C15H10Cl2INO2S. The van der Waals surface area contributed by atoms with Gasteiger partial charge >= 0.3 is 0 Å². The first-order chi connectivity index (χ1) is 10.5. The SMILES string of the molecule is O=C1CSC(c2cc(Cl)cc(I)c2O)N1c1ccc(Cl)cc1. The second-order valence-electron chi connectivity index (χ2n) is 4.73. The highest BCUT2D eigenvalue weighted by Crippen LogP contribution is 2.46. The van der Waals surface area contributed by atoms with Crippen molar-refractivity contribution in [1.29, 1.82) is 0 Å². The van der Waals surface area contributed by atoms with Crippen LogP contribution in [0.5, 0.6) is 5.75 Å². The van der Waals surface area contributed by atoms with E-state index in [1.165, 1.54) is 11.8 Å². The quantitative estimate of drug-likeness (QED) is 0.628. The van der Waals surface area contributed by atoms with Gasteiger partial charge in [0.05, 0.1) is 9.32 Å². The third kappa shape index (κ3) is 3.04. The van der Waals surface area contributed by atoms with E-state index in [4.69, 9.17) is 23.2 Å². The molecule has 1 aliphatic heterocycles. The number of benzene rings is 2. The summed E-state index contributed by atoms with van der Waals surface area (Å²) in [6, 6.07) is 10.5. The van der Waals surface area contributed by atoms with Gasteiger partial charge in [-0.3, -0.25) is 9.69 Å². The summed E-state index contributed by atoms with van der Waals surface area (Å²) in [4.78, 5) is 13.9. The molecule has 1 atom stereocenters. The minimum atomic E-state index is -0.305. The Morgan fingerprint density at radius 3 is 2.55 bits per heavy atom. The van der Waals surface area contributed by atoms with Gasteiger partial charge in [0, 0.05) is 21.3 Å². The summed E-state index contributed by atoms with van der Waals surface area (Å²) in [5.74, 6) is 0.512. The standard InChI is InChI=1S/C15H10Cl2INO2S/c16-8-1-3-10(4-2-8)19-13(20)7-22-15(19)11-5-9(17)6-12(18)14(11)21/h1-6,15,21H,7H2. The van der Waals surface area contributed by atoms with Crippen LogP contribution in [0.25, 0.3) is 0 Å². The molecule has 1 N–H and O–H groups in total. The first-order valence-electron chi connectivity index (χ1n) is 6.34. The molecule has 1 amide bonds. The highest BCUT2D eigenvalue weighted by atomic mass is 127. The lowest BCUT2D eigenvalue weighted by Crippen LogP contribution is -2.27. The van der Waals surface area contributed by atoms with Crippen molar-refractivity contribution in [1.82, 2.24) is 0 Å². The molecule has 1 unspecified atom stereocenters. The predicted octanol–water partition coefficient (Wildman–Crippen LogP) is 5.08. The number of nitrogens with zero attached hydrogens (tertiary/aromatic N) is 1. The topological polar surface area (TPSA) is 40.5 Å². The van der Waals surface area contributed by atoms with E-state index in [1.54, 1.807) is 41.3 Å². The van der Waals surface area contributed by atoms with Crippen LogP contribution in [0.4, 0.5) is 5.69 Å².